The molecule has 0 unspecified atom stereocenters. The van der Waals surface area contributed by atoms with Crippen LogP contribution in [-0.4, -0.2) is 14.3 Å². The first-order chi connectivity index (χ1) is 9.61. The maximum Gasteiger partial charge on any atom is 0.0998 e. The van der Waals surface area contributed by atoms with E-state index in [-0.39, 0.29) is 0 Å². The molecule has 0 atom stereocenters. The van der Waals surface area contributed by atoms with Crippen molar-refractivity contribution in [2.45, 2.75) is 13.5 Å². The summed E-state index contributed by atoms with van der Waals surface area (Å²) < 4.78 is 3.89. The Morgan fingerprint density at radius 2 is 2.15 bits per heavy atom. The molecule has 0 aliphatic carbocycles. The van der Waals surface area contributed by atoms with E-state index in [2.05, 4.69) is 15.7 Å². The van der Waals surface area contributed by atoms with Crippen molar-refractivity contribution in [3.63, 3.8) is 0 Å². The van der Waals surface area contributed by atoms with E-state index in [9.17, 15) is 0 Å². The van der Waals surface area contributed by atoms with Gasteiger partial charge in [-0.25, -0.2) is 0 Å². The second-order valence-corrected chi connectivity index (χ2v) is 5.14. The van der Waals surface area contributed by atoms with Gasteiger partial charge in [-0.2, -0.15) is 10.4 Å². The third-order valence-corrected chi connectivity index (χ3v) is 4.01. The highest BCUT2D eigenvalue weighted by atomic mass is 35.5. The van der Waals surface area contributed by atoms with Crippen LogP contribution in [-0.2, 0) is 13.6 Å². The minimum absolute atomic E-state index is 0.633. The van der Waals surface area contributed by atoms with Crippen LogP contribution < -0.4 is 0 Å². The predicted molar refractivity (Wildman–Crippen MR) is 78.7 cm³/mol. The van der Waals surface area contributed by atoms with Gasteiger partial charge in [-0.1, -0.05) is 17.7 Å². The smallest absolute Gasteiger partial charge is 0.0998 e. The van der Waals surface area contributed by atoms with E-state index in [1.165, 1.54) is 0 Å². The average molecular weight is 285 g/mol. The van der Waals surface area contributed by atoms with Crippen LogP contribution in [0.3, 0.4) is 0 Å². The molecule has 2 heterocycles. The Labute approximate surface area is 121 Å². The summed E-state index contributed by atoms with van der Waals surface area (Å²) in [6, 6.07) is 9.91. The molecule has 0 saturated heterocycles. The molecule has 3 aromatic rings. The number of halogens is 1. The molecule has 0 spiro atoms. The number of hydrogen-bond donors (Lipinski definition) is 0. The van der Waals surface area contributed by atoms with E-state index in [0.29, 0.717) is 17.1 Å². The number of benzene rings is 1. The van der Waals surface area contributed by atoms with Crippen molar-refractivity contribution >= 4 is 22.5 Å². The number of fused-ring (bicyclic) bond motifs is 1. The molecule has 0 fully saturated rings. The molecule has 20 heavy (non-hydrogen) atoms. The lowest BCUT2D eigenvalue weighted by atomic mass is 10.1. The van der Waals surface area contributed by atoms with E-state index in [0.717, 1.165) is 22.3 Å². The lowest BCUT2D eigenvalue weighted by molar-refractivity contribution is 0.673. The summed E-state index contributed by atoms with van der Waals surface area (Å²) in [5.74, 6) is 0. The SMILES string of the molecule is Cc1nn(C)c(Cn2ccc3c(C#N)cccc32)c1Cl. The summed E-state index contributed by atoms with van der Waals surface area (Å²) in [5.41, 5.74) is 3.51. The third-order valence-electron chi connectivity index (χ3n) is 3.52. The molecular formula is C15H13ClN4. The molecular weight excluding hydrogens is 272 g/mol. The second-order valence-electron chi connectivity index (χ2n) is 4.76. The first-order valence-electron chi connectivity index (χ1n) is 6.27. The highest BCUT2D eigenvalue weighted by Crippen LogP contribution is 2.24. The Kier molecular flexibility index (Phi) is 3.00. The van der Waals surface area contributed by atoms with Gasteiger partial charge in [0.15, 0.2) is 0 Å². The van der Waals surface area contributed by atoms with E-state index in [1.54, 1.807) is 4.68 Å². The molecule has 0 aliphatic rings. The van der Waals surface area contributed by atoms with Gasteiger partial charge in [0, 0.05) is 24.1 Å². The summed E-state index contributed by atoms with van der Waals surface area (Å²) in [5, 5.41) is 15.1. The Morgan fingerprint density at radius 1 is 1.35 bits per heavy atom. The first-order valence-corrected chi connectivity index (χ1v) is 6.65. The van der Waals surface area contributed by atoms with Crippen LogP contribution in [0.5, 0.6) is 0 Å². The second kappa shape index (κ2) is 4.69. The van der Waals surface area contributed by atoms with Crippen molar-refractivity contribution in [3.05, 3.63) is 52.4 Å². The van der Waals surface area contributed by atoms with E-state index in [1.807, 2.05) is 44.4 Å². The van der Waals surface area contributed by atoms with Gasteiger partial charge in [0.2, 0.25) is 0 Å². The van der Waals surface area contributed by atoms with Crippen LogP contribution in [0, 0.1) is 18.3 Å². The monoisotopic (exact) mass is 284 g/mol. The summed E-state index contributed by atoms with van der Waals surface area (Å²) in [6.45, 7) is 2.53. The number of aryl methyl sites for hydroxylation is 2. The van der Waals surface area contributed by atoms with Gasteiger partial charge < -0.3 is 4.57 Å². The maximum atomic E-state index is 9.13. The Bertz CT molecular complexity index is 836. The van der Waals surface area contributed by atoms with E-state index < -0.39 is 0 Å². The Hall–Kier alpha value is -2.25. The molecule has 4 nitrogen and oxygen atoms in total. The molecule has 0 N–H and O–H groups in total. The molecule has 3 rings (SSSR count). The molecule has 2 aromatic heterocycles. The van der Waals surface area contributed by atoms with Gasteiger partial charge in [-0.3, -0.25) is 4.68 Å². The zero-order valence-electron chi connectivity index (χ0n) is 11.3. The topological polar surface area (TPSA) is 46.5 Å². The zero-order valence-corrected chi connectivity index (χ0v) is 12.0. The predicted octanol–water partition coefficient (Wildman–Crippen LogP) is 3.26. The van der Waals surface area contributed by atoms with Gasteiger partial charge >= 0.3 is 0 Å². The van der Waals surface area contributed by atoms with E-state index in [4.69, 9.17) is 16.9 Å². The van der Waals surface area contributed by atoms with Gasteiger partial charge in [-0.15, -0.1) is 0 Å². The molecule has 100 valence electrons. The number of nitriles is 1. The van der Waals surface area contributed by atoms with Crippen molar-refractivity contribution in [2.75, 3.05) is 0 Å². The molecule has 1 aromatic carbocycles. The quantitative estimate of drug-likeness (QED) is 0.725. The molecule has 5 heteroatoms. The zero-order chi connectivity index (χ0) is 14.3. The molecule has 0 aliphatic heterocycles. The minimum atomic E-state index is 0.633. The summed E-state index contributed by atoms with van der Waals surface area (Å²) in [7, 11) is 1.89. The Balaban J connectivity index is 2.10. The number of hydrogen-bond acceptors (Lipinski definition) is 2. The van der Waals surface area contributed by atoms with Gasteiger partial charge in [0.1, 0.15) is 0 Å². The van der Waals surface area contributed by atoms with Crippen LogP contribution in [0.25, 0.3) is 10.9 Å². The highest BCUT2D eigenvalue weighted by molar-refractivity contribution is 6.31. The first kappa shape index (κ1) is 12.8. The molecule has 0 saturated carbocycles. The fourth-order valence-electron chi connectivity index (χ4n) is 2.47. The number of nitrogens with zero attached hydrogens (tertiary/aromatic N) is 4. The van der Waals surface area contributed by atoms with Crippen LogP contribution in [0.2, 0.25) is 5.02 Å². The van der Waals surface area contributed by atoms with Crippen molar-refractivity contribution < 1.29 is 0 Å². The standard InChI is InChI=1S/C15H13ClN4/c1-10-15(16)14(19(2)18-10)9-20-7-6-12-11(8-17)4-3-5-13(12)20/h3-7H,9H2,1-2H3. The summed E-state index contributed by atoms with van der Waals surface area (Å²) in [4.78, 5) is 0. The normalized spacial score (nSPS) is 10.9. The van der Waals surface area contributed by atoms with Crippen molar-refractivity contribution in [3.8, 4) is 6.07 Å². The number of aromatic nitrogens is 3. The van der Waals surface area contributed by atoms with Gasteiger partial charge in [0.05, 0.1) is 34.6 Å². The van der Waals surface area contributed by atoms with Crippen molar-refractivity contribution in [1.29, 1.82) is 5.26 Å². The van der Waals surface area contributed by atoms with Gasteiger partial charge in [0.25, 0.3) is 0 Å². The van der Waals surface area contributed by atoms with Crippen LogP contribution in [0.4, 0.5) is 0 Å². The molecule has 0 amide bonds. The largest absolute Gasteiger partial charge is 0.341 e. The maximum absolute atomic E-state index is 9.13. The third kappa shape index (κ3) is 1.87. The summed E-state index contributed by atoms with van der Waals surface area (Å²) >= 11 is 6.29. The van der Waals surface area contributed by atoms with E-state index >= 15 is 0 Å². The van der Waals surface area contributed by atoms with Crippen molar-refractivity contribution in [2.24, 2.45) is 7.05 Å². The lowest BCUT2D eigenvalue weighted by Gasteiger charge is -2.07. The van der Waals surface area contributed by atoms with Gasteiger partial charge in [-0.05, 0) is 25.1 Å². The summed E-state index contributed by atoms with van der Waals surface area (Å²) in [6.07, 6.45) is 1.98. The highest BCUT2D eigenvalue weighted by Gasteiger charge is 2.13. The van der Waals surface area contributed by atoms with Crippen molar-refractivity contribution in [1.82, 2.24) is 14.3 Å². The molecule has 0 radical (unpaired) electrons. The Morgan fingerprint density at radius 3 is 2.80 bits per heavy atom. The average Bonchev–Trinajstić information content (AvgIpc) is 2.96. The van der Waals surface area contributed by atoms with Crippen LogP contribution in [0.15, 0.2) is 30.5 Å². The lowest BCUT2D eigenvalue weighted by Crippen LogP contribution is -2.05. The van der Waals surface area contributed by atoms with Crippen LogP contribution in [0.1, 0.15) is 17.0 Å². The number of rotatable bonds is 2. The fourth-order valence-corrected chi connectivity index (χ4v) is 2.69. The van der Waals surface area contributed by atoms with Crippen LogP contribution >= 0.6 is 11.6 Å². The molecule has 0 bridgehead atoms. The fraction of sp³-hybridized carbons (Fsp3) is 0.200. The minimum Gasteiger partial charge on any atom is -0.341 e.